The Morgan fingerprint density at radius 2 is 1.75 bits per heavy atom. The Kier molecular flexibility index (Phi) is 7.16. The second-order valence-electron chi connectivity index (χ2n) is 8.12. The van der Waals surface area contributed by atoms with Gasteiger partial charge in [0.1, 0.15) is 11.5 Å². The molecular weight excluding hydrogens is 437 g/mol. The second kappa shape index (κ2) is 9.67. The van der Waals surface area contributed by atoms with Crippen LogP contribution in [0, 0.1) is 34.5 Å². The minimum absolute atomic E-state index is 0.0204. The third-order valence-electron chi connectivity index (χ3n) is 5.92. The largest absolute Gasteiger partial charge is 0.416 e. The summed E-state index contributed by atoms with van der Waals surface area (Å²) in [6.07, 6.45) is 0.381. The maximum atomic E-state index is 13.3. The van der Waals surface area contributed by atoms with Crippen molar-refractivity contribution in [1.29, 1.82) is 5.26 Å². The first kappa shape index (κ1) is 23.7. The fourth-order valence-corrected chi connectivity index (χ4v) is 4.14. The normalized spacial score (nSPS) is 16.2. The number of alkyl halides is 3. The molecule has 1 unspecified atom stereocenters. The van der Waals surface area contributed by atoms with E-state index in [4.69, 9.17) is 16.9 Å². The lowest BCUT2D eigenvalue weighted by Crippen LogP contribution is -2.40. The molecule has 3 nitrogen and oxygen atoms in total. The lowest BCUT2D eigenvalue weighted by atomic mass is 9.69. The number of hydrogen-bond acceptors (Lipinski definition) is 2. The van der Waals surface area contributed by atoms with Crippen molar-refractivity contribution in [2.75, 3.05) is 5.32 Å². The van der Waals surface area contributed by atoms with Gasteiger partial charge in [-0.15, -0.1) is 0 Å². The summed E-state index contributed by atoms with van der Waals surface area (Å²) in [5.41, 5.74) is -0.606. The highest BCUT2D eigenvalue weighted by Crippen LogP contribution is 2.39. The number of carbonyl (C=O) groups is 1. The molecule has 1 atom stereocenters. The van der Waals surface area contributed by atoms with Crippen molar-refractivity contribution >= 4 is 23.2 Å². The van der Waals surface area contributed by atoms with E-state index in [1.165, 1.54) is 24.3 Å². The number of rotatable bonds is 3. The van der Waals surface area contributed by atoms with Gasteiger partial charge >= 0.3 is 6.18 Å². The van der Waals surface area contributed by atoms with E-state index in [9.17, 15) is 18.0 Å². The van der Waals surface area contributed by atoms with Gasteiger partial charge in [-0.25, -0.2) is 0 Å². The van der Waals surface area contributed by atoms with Crippen LogP contribution in [0.15, 0.2) is 42.5 Å². The molecule has 0 aromatic heterocycles. The molecule has 0 heterocycles. The first-order valence-corrected chi connectivity index (χ1v) is 10.7. The van der Waals surface area contributed by atoms with Crippen molar-refractivity contribution in [3.63, 3.8) is 0 Å². The SMILES string of the molecule is CC(C#Cc1ccc(C(F)(F)F)cc1)(C(=O)Nc1ccc(C#N)c(Cl)c1)C1CCCCC1. The Morgan fingerprint density at radius 1 is 1.09 bits per heavy atom. The van der Waals surface area contributed by atoms with E-state index < -0.39 is 17.2 Å². The van der Waals surface area contributed by atoms with Crippen LogP contribution in [-0.2, 0) is 11.0 Å². The molecule has 0 radical (unpaired) electrons. The second-order valence-corrected chi connectivity index (χ2v) is 8.53. The van der Waals surface area contributed by atoms with E-state index >= 15 is 0 Å². The average molecular weight is 459 g/mol. The molecule has 166 valence electrons. The van der Waals surface area contributed by atoms with Gasteiger partial charge in [0.25, 0.3) is 0 Å². The molecule has 1 saturated carbocycles. The highest BCUT2D eigenvalue weighted by atomic mass is 35.5. The van der Waals surface area contributed by atoms with E-state index in [2.05, 4.69) is 17.2 Å². The van der Waals surface area contributed by atoms with Gasteiger partial charge in [0.2, 0.25) is 5.91 Å². The molecule has 3 rings (SSSR count). The number of hydrogen-bond donors (Lipinski definition) is 1. The summed E-state index contributed by atoms with van der Waals surface area (Å²) in [5, 5.41) is 12.1. The predicted molar refractivity (Wildman–Crippen MR) is 118 cm³/mol. The highest BCUT2D eigenvalue weighted by Gasteiger charge is 2.40. The maximum Gasteiger partial charge on any atom is 0.416 e. The van der Waals surface area contributed by atoms with Crippen LogP contribution in [0.4, 0.5) is 18.9 Å². The van der Waals surface area contributed by atoms with Gasteiger partial charge in [-0.3, -0.25) is 4.79 Å². The molecule has 0 aliphatic heterocycles. The Hall–Kier alpha value is -2.96. The number of nitrogens with one attached hydrogen (secondary N) is 1. The quantitative estimate of drug-likeness (QED) is 0.514. The standard InChI is InChI=1S/C25H22ClF3N2O/c1-24(19-5-3-2-4-6-19,14-13-17-7-10-20(11-8-17)25(27,28)29)23(32)31-21-12-9-18(16-30)22(26)15-21/h7-12,15,19H,2-6H2,1H3,(H,31,32). The topological polar surface area (TPSA) is 52.9 Å². The van der Waals surface area contributed by atoms with E-state index in [0.29, 0.717) is 16.8 Å². The van der Waals surface area contributed by atoms with Crippen LogP contribution < -0.4 is 5.32 Å². The summed E-state index contributed by atoms with van der Waals surface area (Å²) in [7, 11) is 0. The van der Waals surface area contributed by atoms with Crippen molar-refractivity contribution in [3.8, 4) is 17.9 Å². The lowest BCUT2D eigenvalue weighted by molar-refractivity contribution is -0.137. The molecule has 1 N–H and O–H groups in total. The zero-order chi connectivity index (χ0) is 23.4. The molecule has 1 fully saturated rings. The molecule has 2 aromatic rings. The molecule has 2 aromatic carbocycles. The fourth-order valence-electron chi connectivity index (χ4n) is 3.91. The lowest BCUT2D eigenvalue weighted by Gasteiger charge is -2.34. The number of nitrogens with zero attached hydrogens (tertiary/aromatic N) is 1. The van der Waals surface area contributed by atoms with E-state index in [1.54, 1.807) is 13.0 Å². The van der Waals surface area contributed by atoms with Crippen molar-refractivity contribution in [3.05, 3.63) is 64.2 Å². The first-order valence-electron chi connectivity index (χ1n) is 10.3. The Balaban J connectivity index is 1.90. The highest BCUT2D eigenvalue weighted by molar-refractivity contribution is 6.32. The van der Waals surface area contributed by atoms with Gasteiger partial charge in [0.15, 0.2) is 0 Å². The average Bonchev–Trinajstić information content (AvgIpc) is 2.78. The summed E-state index contributed by atoms with van der Waals surface area (Å²) in [6, 6.07) is 11.2. The third-order valence-corrected chi connectivity index (χ3v) is 6.23. The Bertz CT molecular complexity index is 1090. The van der Waals surface area contributed by atoms with Gasteiger partial charge in [0.05, 0.1) is 16.1 Å². The van der Waals surface area contributed by atoms with Crippen LogP contribution in [0.25, 0.3) is 0 Å². The van der Waals surface area contributed by atoms with Crippen LogP contribution in [0.5, 0.6) is 0 Å². The number of benzene rings is 2. The van der Waals surface area contributed by atoms with E-state index in [0.717, 1.165) is 44.2 Å². The maximum absolute atomic E-state index is 13.3. The number of nitriles is 1. The molecule has 0 spiro atoms. The Morgan fingerprint density at radius 3 is 2.31 bits per heavy atom. The van der Waals surface area contributed by atoms with Gasteiger partial charge in [-0.05, 0) is 68.1 Å². The van der Waals surface area contributed by atoms with Crippen LogP contribution in [-0.4, -0.2) is 5.91 Å². The van der Waals surface area contributed by atoms with E-state index in [-0.39, 0.29) is 16.8 Å². The number of carbonyl (C=O) groups excluding carboxylic acids is 1. The molecule has 32 heavy (non-hydrogen) atoms. The number of anilines is 1. The monoisotopic (exact) mass is 458 g/mol. The van der Waals surface area contributed by atoms with Crippen LogP contribution in [0.2, 0.25) is 5.02 Å². The van der Waals surface area contributed by atoms with Crippen molar-refractivity contribution in [2.45, 2.75) is 45.2 Å². The number of halogens is 4. The fraction of sp³-hybridized carbons (Fsp3) is 0.360. The first-order chi connectivity index (χ1) is 15.1. The van der Waals surface area contributed by atoms with Crippen molar-refractivity contribution < 1.29 is 18.0 Å². The van der Waals surface area contributed by atoms with Gasteiger partial charge in [0, 0.05) is 11.3 Å². The van der Waals surface area contributed by atoms with Crippen molar-refractivity contribution in [2.24, 2.45) is 11.3 Å². The summed E-state index contributed by atoms with van der Waals surface area (Å²) in [4.78, 5) is 13.3. The summed E-state index contributed by atoms with van der Waals surface area (Å²) in [5.74, 6) is 5.70. The molecule has 0 saturated heterocycles. The van der Waals surface area contributed by atoms with Gasteiger partial charge < -0.3 is 5.32 Å². The Labute approximate surface area is 190 Å². The third kappa shape index (κ3) is 5.44. The zero-order valence-corrected chi connectivity index (χ0v) is 18.3. The smallest absolute Gasteiger partial charge is 0.325 e. The van der Waals surface area contributed by atoms with Crippen molar-refractivity contribution in [1.82, 2.24) is 0 Å². The molecule has 7 heteroatoms. The molecule has 1 aliphatic rings. The molecule has 1 amide bonds. The minimum atomic E-state index is -4.41. The van der Waals surface area contributed by atoms with Gasteiger partial charge in [-0.1, -0.05) is 42.7 Å². The van der Waals surface area contributed by atoms with Crippen LogP contribution in [0.1, 0.15) is 55.7 Å². The van der Waals surface area contributed by atoms with E-state index in [1.807, 2.05) is 6.07 Å². The van der Waals surface area contributed by atoms with Gasteiger partial charge in [-0.2, -0.15) is 18.4 Å². The minimum Gasteiger partial charge on any atom is -0.325 e. The van der Waals surface area contributed by atoms with Crippen LogP contribution >= 0.6 is 11.6 Å². The molecule has 0 bridgehead atoms. The van der Waals surface area contributed by atoms with Crippen LogP contribution in [0.3, 0.4) is 0 Å². The number of amides is 1. The summed E-state index contributed by atoms with van der Waals surface area (Å²) >= 11 is 6.08. The predicted octanol–water partition coefficient (Wildman–Crippen LogP) is 6.81. The molecular formula is C25H22ClF3N2O. The summed E-state index contributed by atoms with van der Waals surface area (Å²) in [6.45, 7) is 1.78. The summed E-state index contributed by atoms with van der Waals surface area (Å²) < 4.78 is 38.4. The zero-order valence-electron chi connectivity index (χ0n) is 17.5. The molecule has 1 aliphatic carbocycles.